The third-order valence-corrected chi connectivity index (χ3v) is 4.55. The molecule has 0 fully saturated rings. The fourth-order valence-corrected chi connectivity index (χ4v) is 3.36. The number of pyridine rings is 1. The van der Waals surface area contributed by atoms with Crippen LogP contribution in [0.5, 0.6) is 0 Å². The highest BCUT2D eigenvalue weighted by molar-refractivity contribution is 7.92. The van der Waals surface area contributed by atoms with Crippen molar-refractivity contribution in [2.24, 2.45) is 0 Å². The molecule has 0 unspecified atom stereocenters. The van der Waals surface area contributed by atoms with Crippen molar-refractivity contribution in [1.82, 2.24) is 4.98 Å². The van der Waals surface area contributed by atoms with Gasteiger partial charge in [0.2, 0.25) is 0 Å². The Labute approximate surface area is 123 Å². The molecule has 106 valence electrons. The average molecular weight is 298 g/mol. The predicted octanol–water partition coefficient (Wildman–Crippen LogP) is 3.34. The third-order valence-electron chi connectivity index (χ3n) is 3.19. The second kappa shape index (κ2) is 5.18. The zero-order valence-electron chi connectivity index (χ0n) is 11.4. The predicted molar refractivity (Wildman–Crippen MR) is 83.7 cm³/mol. The lowest BCUT2D eigenvalue weighted by Crippen LogP contribution is -2.13. The molecule has 0 atom stereocenters. The van der Waals surface area contributed by atoms with Gasteiger partial charge in [0.25, 0.3) is 10.0 Å². The van der Waals surface area contributed by atoms with E-state index >= 15 is 0 Å². The van der Waals surface area contributed by atoms with E-state index in [1.807, 2.05) is 25.1 Å². The van der Waals surface area contributed by atoms with Crippen LogP contribution in [-0.2, 0) is 10.0 Å². The lowest BCUT2D eigenvalue weighted by atomic mass is 10.2. The van der Waals surface area contributed by atoms with Crippen molar-refractivity contribution in [2.45, 2.75) is 11.8 Å². The lowest BCUT2D eigenvalue weighted by Gasteiger charge is -2.10. The van der Waals surface area contributed by atoms with Crippen LogP contribution >= 0.6 is 0 Å². The Morgan fingerprint density at radius 2 is 1.81 bits per heavy atom. The highest BCUT2D eigenvalue weighted by atomic mass is 32.2. The summed E-state index contributed by atoms with van der Waals surface area (Å²) >= 11 is 0. The molecule has 0 aliphatic rings. The fraction of sp³-hybridized carbons (Fsp3) is 0.0625. The Kier molecular flexibility index (Phi) is 3.35. The molecule has 3 rings (SSSR count). The van der Waals surface area contributed by atoms with Gasteiger partial charge in [0.15, 0.2) is 0 Å². The molecule has 1 N–H and O–H groups in total. The fourth-order valence-electron chi connectivity index (χ4n) is 2.18. The molecule has 4 nitrogen and oxygen atoms in total. The summed E-state index contributed by atoms with van der Waals surface area (Å²) in [4.78, 5) is 4.48. The first-order valence-corrected chi connectivity index (χ1v) is 7.98. The third kappa shape index (κ3) is 2.73. The number of hydrogen-bond acceptors (Lipinski definition) is 3. The van der Waals surface area contributed by atoms with Gasteiger partial charge in [-0.1, -0.05) is 18.2 Å². The van der Waals surface area contributed by atoms with E-state index in [9.17, 15) is 8.42 Å². The average Bonchev–Trinajstić information content (AvgIpc) is 2.47. The maximum absolute atomic E-state index is 12.5. The van der Waals surface area contributed by atoms with E-state index in [-0.39, 0.29) is 4.90 Å². The molecule has 1 aromatic heterocycles. The van der Waals surface area contributed by atoms with Crippen LogP contribution in [0.25, 0.3) is 10.9 Å². The highest BCUT2D eigenvalue weighted by Gasteiger charge is 2.15. The minimum Gasteiger partial charge on any atom is -0.279 e. The number of rotatable bonds is 3. The number of aryl methyl sites for hydroxylation is 1. The van der Waals surface area contributed by atoms with E-state index < -0.39 is 10.0 Å². The first-order valence-electron chi connectivity index (χ1n) is 6.49. The maximum atomic E-state index is 12.5. The normalized spacial score (nSPS) is 11.5. The van der Waals surface area contributed by atoms with Crippen molar-refractivity contribution in [1.29, 1.82) is 0 Å². The van der Waals surface area contributed by atoms with Crippen molar-refractivity contribution < 1.29 is 8.42 Å². The maximum Gasteiger partial charge on any atom is 0.261 e. The summed E-state index contributed by atoms with van der Waals surface area (Å²) < 4.78 is 27.6. The number of nitrogens with zero attached hydrogens (tertiary/aromatic N) is 1. The zero-order chi connectivity index (χ0) is 14.9. The van der Waals surface area contributed by atoms with Gasteiger partial charge in [-0.15, -0.1) is 0 Å². The standard InChI is InChI=1S/C16H14N2O2S/c1-12-5-2-6-13(11-12)21(19,20)18-16-9-3-8-15-14(16)7-4-10-17-15/h2-11,18H,1H3. The topological polar surface area (TPSA) is 59.1 Å². The smallest absolute Gasteiger partial charge is 0.261 e. The van der Waals surface area contributed by atoms with Crippen molar-refractivity contribution in [3.05, 3.63) is 66.4 Å². The van der Waals surface area contributed by atoms with Crippen LogP contribution in [0.2, 0.25) is 0 Å². The van der Waals surface area contributed by atoms with Gasteiger partial charge in [0, 0.05) is 11.6 Å². The first kappa shape index (κ1) is 13.6. The molecule has 2 aromatic carbocycles. The number of benzene rings is 2. The van der Waals surface area contributed by atoms with Gasteiger partial charge < -0.3 is 0 Å². The van der Waals surface area contributed by atoms with E-state index in [1.54, 1.807) is 42.6 Å². The Morgan fingerprint density at radius 1 is 1.00 bits per heavy atom. The summed E-state index contributed by atoms with van der Waals surface area (Å²) in [6, 6.07) is 15.8. The molecule has 0 aliphatic carbocycles. The minimum atomic E-state index is -3.61. The highest BCUT2D eigenvalue weighted by Crippen LogP contribution is 2.24. The van der Waals surface area contributed by atoms with Gasteiger partial charge >= 0.3 is 0 Å². The first-order chi connectivity index (χ1) is 10.1. The molecule has 1 heterocycles. The minimum absolute atomic E-state index is 0.253. The summed E-state index contributed by atoms with van der Waals surface area (Å²) in [5, 5.41) is 0.774. The van der Waals surface area contributed by atoms with Gasteiger partial charge in [-0.3, -0.25) is 9.71 Å². The van der Waals surface area contributed by atoms with Crippen molar-refractivity contribution in [2.75, 3.05) is 4.72 Å². The molecule has 0 aliphatic heterocycles. The van der Waals surface area contributed by atoms with Gasteiger partial charge in [-0.05, 0) is 48.9 Å². The summed E-state index contributed by atoms with van der Waals surface area (Å²) in [7, 11) is -3.61. The monoisotopic (exact) mass is 298 g/mol. The molecular formula is C16H14N2O2S. The Hall–Kier alpha value is -2.40. The number of sulfonamides is 1. The van der Waals surface area contributed by atoms with Gasteiger partial charge in [0.1, 0.15) is 0 Å². The van der Waals surface area contributed by atoms with Gasteiger partial charge in [-0.25, -0.2) is 8.42 Å². The molecule has 5 heteroatoms. The van der Waals surface area contributed by atoms with Crippen molar-refractivity contribution in [3.8, 4) is 0 Å². The number of aromatic nitrogens is 1. The van der Waals surface area contributed by atoms with Crippen molar-refractivity contribution in [3.63, 3.8) is 0 Å². The van der Waals surface area contributed by atoms with Crippen LogP contribution in [0.15, 0.2) is 65.7 Å². The van der Waals surface area contributed by atoms with E-state index in [2.05, 4.69) is 9.71 Å². The van der Waals surface area contributed by atoms with E-state index in [4.69, 9.17) is 0 Å². The second-order valence-corrected chi connectivity index (χ2v) is 6.48. The van der Waals surface area contributed by atoms with Crippen LogP contribution in [0, 0.1) is 6.92 Å². The summed E-state index contributed by atoms with van der Waals surface area (Å²) in [5.74, 6) is 0. The summed E-state index contributed by atoms with van der Waals surface area (Å²) in [5.41, 5.74) is 2.18. The van der Waals surface area contributed by atoms with E-state index in [0.29, 0.717) is 5.69 Å². The molecule has 0 radical (unpaired) electrons. The number of fused-ring (bicyclic) bond motifs is 1. The number of hydrogen-bond donors (Lipinski definition) is 1. The molecule has 0 bridgehead atoms. The molecule has 0 spiro atoms. The van der Waals surface area contributed by atoms with E-state index in [1.165, 1.54) is 0 Å². The second-order valence-electron chi connectivity index (χ2n) is 4.80. The van der Waals surface area contributed by atoms with Crippen LogP contribution in [-0.4, -0.2) is 13.4 Å². The number of nitrogens with one attached hydrogen (secondary N) is 1. The number of anilines is 1. The van der Waals surface area contributed by atoms with E-state index in [0.717, 1.165) is 16.5 Å². The van der Waals surface area contributed by atoms with Crippen LogP contribution in [0.4, 0.5) is 5.69 Å². The lowest BCUT2D eigenvalue weighted by molar-refractivity contribution is 0.601. The SMILES string of the molecule is Cc1cccc(S(=O)(=O)Nc2cccc3ncccc23)c1. The molecule has 0 amide bonds. The van der Waals surface area contributed by atoms with Gasteiger partial charge in [0.05, 0.1) is 16.1 Å². The quantitative estimate of drug-likeness (QED) is 0.806. The molecule has 0 saturated heterocycles. The molecule has 3 aromatic rings. The molecule has 0 saturated carbocycles. The largest absolute Gasteiger partial charge is 0.279 e. The van der Waals surface area contributed by atoms with Crippen molar-refractivity contribution >= 4 is 26.6 Å². The van der Waals surface area contributed by atoms with Crippen LogP contribution in [0.1, 0.15) is 5.56 Å². The molecule has 21 heavy (non-hydrogen) atoms. The Morgan fingerprint density at radius 3 is 2.62 bits per heavy atom. The Bertz CT molecular complexity index is 900. The molecular weight excluding hydrogens is 284 g/mol. The van der Waals surface area contributed by atoms with Crippen LogP contribution < -0.4 is 4.72 Å². The summed E-state index contributed by atoms with van der Waals surface area (Å²) in [6.07, 6.45) is 1.68. The Balaban J connectivity index is 2.06. The zero-order valence-corrected chi connectivity index (χ0v) is 12.3. The summed E-state index contributed by atoms with van der Waals surface area (Å²) in [6.45, 7) is 1.86. The van der Waals surface area contributed by atoms with Crippen LogP contribution in [0.3, 0.4) is 0 Å². The van der Waals surface area contributed by atoms with Gasteiger partial charge in [-0.2, -0.15) is 0 Å².